The van der Waals surface area contributed by atoms with E-state index in [2.05, 4.69) is 5.32 Å². The lowest BCUT2D eigenvalue weighted by molar-refractivity contribution is -0.139. The van der Waals surface area contributed by atoms with Gasteiger partial charge in [0.25, 0.3) is 5.91 Å². The average Bonchev–Trinajstić information content (AvgIpc) is 3.36. The lowest BCUT2D eigenvalue weighted by Crippen LogP contribution is -2.43. The summed E-state index contributed by atoms with van der Waals surface area (Å²) in [6.07, 6.45) is 1.80. The summed E-state index contributed by atoms with van der Waals surface area (Å²) in [5, 5.41) is 2.66. The molecule has 2 saturated heterocycles. The summed E-state index contributed by atoms with van der Waals surface area (Å²) in [5.41, 5.74) is 1.04. The van der Waals surface area contributed by atoms with Crippen molar-refractivity contribution in [3.8, 4) is 0 Å². The monoisotopic (exact) mass is 397 g/mol. The van der Waals surface area contributed by atoms with Gasteiger partial charge in [0.05, 0.1) is 26.0 Å². The van der Waals surface area contributed by atoms with E-state index in [4.69, 9.17) is 9.15 Å². The zero-order valence-electron chi connectivity index (χ0n) is 16.0. The molecular formula is C21H23N3O5. The number of nitrogens with one attached hydrogen (secondary N) is 1. The first-order chi connectivity index (χ1) is 14.1. The van der Waals surface area contributed by atoms with Crippen LogP contribution < -0.4 is 5.32 Å². The SMILES string of the molecule is O=C(CC[C@@H]1NC(=O)N(Cc2ccco2)C1=O)N1CCO[C@H](c2ccccc2)C1. The molecule has 2 fully saturated rings. The van der Waals surface area contributed by atoms with Crippen molar-refractivity contribution in [3.05, 3.63) is 60.1 Å². The van der Waals surface area contributed by atoms with Crippen LogP contribution in [0.25, 0.3) is 0 Å². The Bertz CT molecular complexity index is 868. The third kappa shape index (κ3) is 4.32. The number of morpholine rings is 1. The number of hydrogen-bond acceptors (Lipinski definition) is 5. The summed E-state index contributed by atoms with van der Waals surface area (Å²) in [7, 11) is 0. The number of furan rings is 1. The Kier molecular flexibility index (Phi) is 5.62. The molecule has 8 heteroatoms. The van der Waals surface area contributed by atoms with Gasteiger partial charge in [-0.25, -0.2) is 4.79 Å². The summed E-state index contributed by atoms with van der Waals surface area (Å²) < 4.78 is 11.0. The number of hydrogen-bond donors (Lipinski definition) is 1. The van der Waals surface area contributed by atoms with Gasteiger partial charge in [0.1, 0.15) is 17.9 Å². The number of ether oxygens (including phenoxy) is 1. The number of benzene rings is 1. The Labute approximate surface area is 168 Å². The molecular weight excluding hydrogens is 374 g/mol. The maximum Gasteiger partial charge on any atom is 0.325 e. The smallest absolute Gasteiger partial charge is 0.325 e. The number of carbonyl (C=O) groups excluding carboxylic acids is 3. The molecule has 8 nitrogen and oxygen atoms in total. The Morgan fingerprint density at radius 2 is 1.97 bits per heavy atom. The van der Waals surface area contributed by atoms with Crippen LogP contribution in [0.1, 0.15) is 30.3 Å². The van der Waals surface area contributed by atoms with E-state index < -0.39 is 12.1 Å². The zero-order chi connectivity index (χ0) is 20.2. The van der Waals surface area contributed by atoms with Crippen LogP contribution in [-0.4, -0.2) is 53.4 Å². The van der Waals surface area contributed by atoms with Gasteiger partial charge in [-0.3, -0.25) is 14.5 Å². The molecule has 2 aliphatic heterocycles. The fourth-order valence-corrected chi connectivity index (χ4v) is 3.65. The van der Waals surface area contributed by atoms with Gasteiger partial charge in [0.2, 0.25) is 5.91 Å². The third-order valence-electron chi connectivity index (χ3n) is 5.24. The van der Waals surface area contributed by atoms with Gasteiger partial charge >= 0.3 is 6.03 Å². The number of imide groups is 1. The fourth-order valence-electron chi connectivity index (χ4n) is 3.65. The van der Waals surface area contributed by atoms with Crippen molar-refractivity contribution in [3.63, 3.8) is 0 Å². The summed E-state index contributed by atoms with van der Waals surface area (Å²) in [5.74, 6) is 0.162. The van der Waals surface area contributed by atoms with Crippen LogP contribution in [0.4, 0.5) is 4.79 Å². The lowest BCUT2D eigenvalue weighted by atomic mass is 10.1. The topological polar surface area (TPSA) is 92.1 Å². The zero-order valence-corrected chi connectivity index (χ0v) is 16.0. The molecule has 2 atom stereocenters. The van der Waals surface area contributed by atoms with E-state index in [0.717, 1.165) is 10.5 Å². The highest BCUT2D eigenvalue weighted by Crippen LogP contribution is 2.23. The number of rotatable bonds is 6. The fraction of sp³-hybridized carbons (Fsp3) is 0.381. The molecule has 0 aliphatic carbocycles. The third-order valence-corrected chi connectivity index (χ3v) is 5.24. The summed E-state index contributed by atoms with van der Waals surface area (Å²) in [6, 6.07) is 12.1. The van der Waals surface area contributed by atoms with E-state index in [1.54, 1.807) is 17.0 Å². The molecule has 4 rings (SSSR count). The van der Waals surface area contributed by atoms with Crippen LogP contribution in [0, 0.1) is 0 Å². The molecule has 0 bridgehead atoms. The van der Waals surface area contributed by atoms with Crippen molar-refractivity contribution >= 4 is 17.8 Å². The molecule has 0 spiro atoms. The van der Waals surface area contributed by atoms with Crippen LogP contribution in [0.2, 0.25) is 0 Å². The van der Waals surface area contributed by atoms with Crippen LogP contribution in [-0.2, 0) is 20.9 Å². The second-order valence-electron chi connectivity index (χ2n) is 7.15. The van der Waals surface area contributed by atoms with Crippen LogP contribution in [0.3, 0.4) is 0 Å². The minimum absolute atomic E-state index is 0.0410. The quantitative estimate of drug-likeness (QED) is 0.754. The second-order valence-corrected chi connectivity index (χ2v) is 7.15. The van der Waals surface area contributed by atoms with E-state index in [9.17, 15) is 14.4 Å². The van der Waals surface area contributed by atoms with Gasteiger partial charge in [-0.15, -0.1) is 0 Å². The summed E-state index contributed by atoms with van der Waals surface area (Å²) in [4.78, 5) is 40.2. The maximum absolute atomic E-state index is 12.7. The highest BCUT2D eigenvalue weighted by molar-refractivity contribution is 6.04. The highest BCUT2D eigenvalue weighted by atomic mass is 16.5. The molecule has 0 radical (unpaired) electrons. The molecule has 1 aromatic heterocycles. The second kappa shape index (κ2) is 8.48. The van der Waals surface area contributed by atoms with Gasteiger partial charge in [0.15, 0.2) is 0 Å². The molecule has 152 valence electrons. The minimum Gasteiger partial charge on any atom is -0.467 e. The Balaban J connectivity index is 1.30. The largest absolute Gasteiger partial charge is 0.467 e. The van der Waals surface area contributed by atoms with Crippen molar-refractivity contribution in [2.75, 3.05) is 19.7 Å². The molecule has 3 heterocycles. The summed E-state index contributed by atoms with van der Waals surface area (Å²) in [6.45, 7) is 1.57. The van der Waals surface area contributed by atoms with Crippen molar-refractivity contribution in [2.45, 2.75) is 31.5 Å². The minimum atomic E-state index is -0.688. The van der Waals surface area contributed by atoms with E-state index in [1.807, 2.05) is 30.3 Å². The molecule has 2 aliphatic rings. The van der Waals surface area contributed by atoms with Gasteiger partial charge < -0.3 is 19.4 Å². The van der Waals surface area contributed by atoms with E-state index >= 15 is 0 Å². The first-order valence-corrected chi connectivity index (χ1v) is 9.70. The van der Waals surface area contributed by atoms with E-state index in [-0.39, 0.29) is 37.3 Å². The summed E-state index contributed by atoms with van der Waals surface area (Å²) >= 11 is 0. The number of nitrogens with zero attached hydrogens (tertiary/aromatic N) is 2. The van der Waals surface area contributed by atoms with Gasteiger partial charge in [-0.1, -0.05) is 30.3 Å². The molecule has 1 N–H and O–H groups in total. The number of urea groups is 1. The molecule has 2 aromatic rings. The van der Waals surface area contributed by atoms with Crippen molar-refractivity contribution in [1.82, 2.24) is 15.1 Å². The Morgan fingerprint density at radius 3 is 2.72 bits per heavy atom. The first kappa shape index (κ1) is 19.2. The molecule has 1 aromatic carbocycles. The molecule has 0 saturated carbocycles. The highest BCUT2D eigenvalue weighted by Gasteiger charge is 2.38. The number of amides is 4. The Hall–Kier alpha value is -3.13. The van der Waals surface area contributed by atoms with Gasteiger partial charge in [-0.05, 0) is 24.1 Å². The van der Waals surface area contributed by atoms with Crippen LogP contribution in [0.15, 0.2) is 53.1 Å². The maximum atomic E-state index is 12.7. The average molecular weight is 397 g/mol. The van der Waals surface area contributed by atoms with Gasteiger partial charge in [0, 0.05) is 13.0 Å². The predicted molar refractivity (Wildman–Crippen MR) is 103 cm³/mol. The van der Waals surface area contributed by atoms with Crippen molar-refractivity contribution in [2.24, 2.45) is 0 Å². The van der Waals surface area contributed by atoms with E-state index in [0.29, 0.717) is 25.5 Å². The standard InChI is InChI=1S/C21H23N3O5/c25-19(23-10-12-29-18(14-23)15-5-2-1-3-6-15)9-8-17-20(26)24(21(27)22-17)13-16-7-4-11-28-16/h1-7,11,17-18H,8-10,12-14H2,(H,22,27)/t17-,18-/m0/s1. The Morgan fingerprint density at radius 1 is 1.14 bits per heavy atom. The number of carbonyl (C=O) groups is 3. The predicted octanol–water partition coefficient (Wildman–Crippen LogP) is 2.08. The van der Waals surface area contributed by atoms with Crippen molar-refractivity contribution < 1.29 is 23.5 Å². The molecule has 0 unspecified atom stereocenters. The normalized spacial score (nSPS) is 22.1. The lowest BCUT2D eigenvalue weighted by Gasteiger charge is -2.33. The van der Waals surface area contributed by atoms with Gasteiger partial charge in [-0.2, -0.15) is 0 Å². The molecule has 4 amide bonds. The first-order valence-electron chi connectivity index (χ1n) is 9.70. The van der Waals surface area contributed by atoms with E-state index in [1.165, 1.54) is 6.26 Å². The molecule has 29 heavy (non-hydrogen) atoms. The van der Waals surface area contributed by atoms with Crippen molar-refractivity contribution in [1.29, 1.82) is 0 Å². The van der Waals surface area contributed by atoms with Crippen LogP contribution in [0.5, 0.6) is 0 Å². The van der Waals surface area contributed by atoms with Crippen LogP contribution >= 0.6 is 0 Å².